The maximum Gasteiger partial charge on any atom is 0.260 e. The summed E-state index contributed by atoms with van der Waals surface area (Å²) in [6.07, 6.45) is 1.31. The molecule has 0 spiro atoms. The Hall–Kier alpha value is -2.45. The van der Waals surface area contributed by atoms with Gasteiger partial charge in [0.05, 0.1) is 18.7 Å². The number of nitrogens with two attached hydrogens (primary N) is 1. The molecule has 3 amide bonds. The third kappa shape index (κ3) is 5.04. The number of carbonyl (C=O) groups excluding carboxylic acids is 3. The molecule has 126 valence electrons. The number of hydrogen-bond donors (Lipinski definition) is 3. The molecule has 1 unspecified atom stereocenters. The summed E-state index contributed by atoms with van der Waals surface area (Å²) in [6.45, 7) is 1.38. The maximum absolute atomic E-state index is 12.2. The van der Waals surface area contributed by atoms with Gasteiger partial charge in [-0.3, -0.25) is 14.4 Å². The van der Waals surface area contributed by atoms with Crippen LogP contribution in [0.3, 0.4) is 0 Å². The van der Waals surface area contributed by atoms with Gasteiger partial charge in [-0.25, -0.2) is 4.98 Å². The van der Waals surface area contributed by atoms with Crippen LogP contribution in [0.5, 0.6) is 0 Å². The fraction of sp³-hybridized carbons (Fsp3) is 0.200. The van der Waals surface area contributed by atoms with Crippen LogP contribution in [0.1, 0.15) is 34.6 Å². The second kappa shape index (κ2) is 7.89. The molecule has 0 bridgehead atoms. The minimum absolute atomic E-state index is 0.00664. The van der Waals surface area contributed by atoms with Crippen molar-refractivity contribution in [3.63, 3.8) is 0 Å². The van der Waals surface area contributed by atoms with E-state index in [0.29, 0.717) is 5.02 Å². The molecule has 0 aliphatic carbocycles. The molecule has 4 N–H and O–H groups in total. The summed E-state index contributed by atoms with van der Waals surface area (Å²) < 4.78 is 0. The van der Waals surface area contributed by atoms with Crippen molar-refractivity contribution < 1.29 is 14.4 Å². The second-order valence-corrected chi connectivity index (χ2v) is 6.42. The first-order valence-electron chi connectivity index (χ1n) is 6.93. The van der Waals surface area contributed by atoms with E-state index in [9.17, 15) is 14.4 Å². The first-order chi connectivity index (χ1) is 11.3. The van der Waals surface area contributed by atoms with Gasteiger partial charge >= 0.3 is 0 Å². The molecule has 1 aromatic carbocycles. The van der Waals surface area contributed by atoms with E-state index in [0.717, 1.165) is 16.9 Å². The summed E-state index contributed by atoms with van der Waals surface area (Å²) in [5.74, 6) is -1.22. The molecule has 9 heteroatoms. The SMILES string of the molecule is CC(=O)NC(CC(=O)Nc1ncc(C(N)=O)s1)c1ccc(Cl)cc1. The van der Waals surface area contributed by atoms with E-state index in [1.807, 2.05) is 0 Å². The zero-order valence-corrected chi connectivity index (χ0v) is 14.3. The lowest BCUT2D eigenvalue weighted by Gasteiger charge is -2.17. The number of amides is 3. The molecule has 1 heterocycles. The van der Waals surface area contributed by atoms with E-state index in [1.54, 1.807) is 24.3 Å². The lowest BCUT2D eigenvalue weighted by atomic mass is 10.0. The third-order valence-corrected chi connectivity index (χ3v) is 4.21. The summed E-state index contributed by atoms with van der Waals surface area (Å²) in [5, 5.41) is 6.14. The van der Waals surface area contributed by atoms with E-state index in [1.165, 1.54) is 13.1 Å². The number of aromatic nitrogens is 1. The summed E-state index contributed by atoms with van der Waals surface area (Å²) >= 11 is 6.84. The van der Waals surface area contributed by atoms with Gasteiger partial charge in [0.15, 0.2) is 5.13 Å². The average Bonchev–Trinajstić information content (AvgIpc) is 2.95. The predicted molar refractivity (Wildman–Crippen MR) is 91.9 cm³/mol. The quantitative estimate of drug-likeness (QED) is 0.726. The van der Waals surface area contributed by atoms with Gasteiger partial charge < -0.3 is 16.4 Å². The van der Waals surface area contributed by atoms with Gasteiger partial charge in [0.1, 0.15) is 4.88 Å². The van der Waals surface area contributed by atoms with Crippen molar-refractivity contribution in [1.82, 2.24) is 10.3 Å². The lowest BCUT2D eigenvalue weighted by molar-refractivity contribution is -0.120. The number of carbonyl (C=O) groups is 3. The van der Waals surface area contributed by atoms with Crippen LogP contribution < -0.4 is 16.4 Å². The Kier molecular flexibility index (Phi) is 5.88. The van der Waals surface area contributed by atoms with Crippen molar-refractivity contribution in [3.8, 4) is 0 Å². The highest BCUT2D eigenvalue weighted by molar-refractivity contribution is 7.17. The first-order valence-corrected chi connectivity index (χ1v) is 8.12. The highest BCUT2D eigenvalue weighted by Crippen LogP contribution is 2.22. The molecule has 0 saturated heterocycles. The van der Waals surface area contributed by atoms with Gasteiger partial charge in [-0.2, -0.15) is 0 Å². The number of nitrogens with one attached hydrogen (secondary N) is 2. The zero-order valence-electron chi connectivity index (χ0n) is 12.7. The molecule has 0 aliphatic heterocycles. The third-order valence-electron chi connectivity index (χ3n) is 3.03. The average molecular weight is 367 g/mol. The van der Waals surface area contributed by atoms with Crippen LogP contribution in [0, 0.1) is 0 Å². The minimum Gasteiger partial charge on any atom is -0.365 e. The second-order valence-electron chi connectivity index (χ2n) is 4.95. The van der Waals surface area contributed by atoms with E-state index >= 15 is 0 Å². The molecule has 1 aromatic heterocycles. The number of rotatable bonds is 6. The van der Waals surface area contributed by atoms with Gasteiger partial charge in [0.25, 0.3) is 5.91 Å². The summed E-state index contributed by atoms with van der Waals surface area (Å²) in [7, 11) is 0. The molecule has 0 aliphatic rings. The van der Waals surface area contributed by atoms with E-state index in [2.05, 4.69) is 15.6 Å². The molecule has 7 nitrogen and oxygen atoms in total. The van der Waals surface area contributed by atoms with Crippen molar-refractivity contribution >= 4 is 45.8 Å². The van der Waals surface area contributed by atoms with E-state index in [-0.39, 0.29) is 28.2 Å². The lowest BCUT2D eigenvalue weighted by Crippen LogP contribution is -2.29. The Labute approximate surface area is 147 Å². The molecular weight excluding hydrogens is 352 g/mol. The Morgan fingerprint density at radius 3 is 2.50 bits per heavy atom. The Balaban J connectivity index is 2.07. The summed E-state index contributed by atoms with van der Waals surface area (Å²) in [5.41, 5.74) is 5.89. The van der Waals surface area contributed by atoms with Crippen LogP contribution in [0.2, 0.25) is 5.02 Å². The van der Waals surface area contributed by atoms with Gasteiger partial charge in [-0.15, -0.1) is 0 Å². The minimum atomic E-state index is -0.606. The van der Waals surface area contributed by atoms with Gasteiger partial charge in [0.2, 0.25) is 11.8 Å². The van der Waals surface area contributed by atoms with E-state index in [4.69, 9.17) is 17.3 Å². The number of primary amides is 1. The van der Waals surface area contributed by atoms with Crippen LogP contribution in [0.4, 0.5) is 5.13 Å². The number of hydrogen-bond acceptors (Lipinski definition) is 5. The largest absolute Gasteiger partial charge is 0.365 e. The Morgan fingerprint density at radius 1 is 1.29 bits per heavy atom. The van der Waals surface area contributed by atoms with Crippen LogP contribution in [-0.2, 0) is 9.59 Å². The summed E-state index contributed by atoms with van der Waals surface area (Å²) in [4.78, 5) is 38.8. The molecule has 0 radical (unpaired) electrons. The van der Waals surface area contributed by atoms with Crippen LogP contribution in [0.25, 0.3) is 0 Å². The van der Waals surface area contributed by atoms with Crippen molar-refractivity contribution in [2.75, 3.05) is 5.32 Å². The van der Waals surface area contributed by atoms with Crippen molar-refractivity contribution in [2.24, 2.45) is 5.73 Å². The fourth-order valence-electron chi connectivity index (χ4n) is 1.99. The number of benzene rings is 1. The molecule has 0 saturated carbocycles. The van der Waals surface area contributed by atoms with Gasteiger partial charge in [0, 0.05) is 11.9 Å². The number of anilines is 1. The number of thiazole rings is 1. The molecule has 1 atom stereocenters. The molecule has 24 heavy (non-hydrogen) atoms. The Morgan fingerprint density at radius 2 is 1.96 bits per heavy atom. The molecule has 0 fully saturated rings. The summed E-state index contributed by atoms with van der Waals surface area (Å²) in [6, 6.07) is 6.35. The van der Waals surface area contributed by atoms with Crippen LogP contribution in [0.15, 0.2) is 30.5 Å². The van der Waals surface area contributed by atoms with E-state index < -0.39 is 11.9 Å². The maximum atomic E-state index is 12.2. The molecule has 2 aromatic rings. The topological polar surface area (TPSA) is 114 Å². The molecular formula is C15H15ClN4O3S. The van der Waals surface area contributed by atoms with Crippen molar-refractivity contribution in [3.05, 3.63) is 45.9 Å². The van der Waals surface area contributed by atoms with Gasteiger partial charge in [-0.05, 0) is 17.7 Å². The number of nitrogens with zero attached hydrogens (tertiary/aromatic N) is 1. The highest BCUT2D eigenvalue weighted by Gasteiger charge is 2.18. The van der Waals surface area contributed by atoms with Crippen LogP contribution >= 0.6 is 22.9 Å². The standard InChI is InChI=1S/C15H15ClN4O3S/c1-8(21)19-11(9-2-4-10(16)5-3-9)6-13(22)20-15-18-7-12(24-15)14(17)23/h2-5,7,11H,6H2,1H3,(H2,17,23)(H,19,21)(H,18,20,22). The molecule has 2 rings (SSSR count). The Bertz CT molecular complexity index is 760. The monoisotopic (exact) mass is 366 g/mol. The van der Waals surface area contributed by atoms with Gasteiger partial charge in [-0.1, -0.05) is 35.1 Å². The fourth-order valence-corrected chi connectivity index (χ4v) is 2.80. The van der Waals surface area contributed by atoms with Crippen LogP contribution in [-0.4, -0.2) is 22.7 Å². The van der Waals surface area contributed by atoms with Crippen molar-refractivity contribution in [1.29, 1.82) is 0 Å². The first kappa shape index (κ1) is 17.9. The number of halogens is 1. The zero-order chi connectivity index (χ0) is 17.7. The smallest absolute Gasteiger partial charge is 0.260 e. The predicted octanol–water partition coefficient (Wildman–Crippen LogP) is 2.10. The van der Waals surface area contributed by atoms with Crippen molar-refractivity contribution in [2.45, 2.75) is 19.4 Å². The normalized spacial score (nSPS) is 11.6. The highest BCUT2D eigenvalue weighted by atomic mass is 35.5.